The van der Waals surface area contributed by atoms with Crippen molar-refractivity contribution in [2.24, 2.45) is 5.73 Å². The van der Waals surface area contributed by atoms with Crippen LogP contribution in [0.25, 0.3) is 0 Å². The Bertz CT molecular complexity index is 352. The van der Waals surface area contributed by atoms with Crippen molar-refractivity contribution in [1.82, 2.24) is 5.16 Å². The minimum absolute atomic E-state index is 0.232. The third kappa shape index (κ3) is 4.44. The smallest absolute Gasteiger partial charge is 0.306 e. The molecule has 0 amide bonds. The number of nitrogens with two attached hydrogens (primary N) is 1. The summed E-state index contributed by atoms with van der Waals surface area (Å²) in [7, 11) is 0. The molecule has 1 rings (SSSR count). The Morgan fingerprint density at radius 1 is 1.56 bits per heavy atom. The molecule has 1 heterocycles. The van der Waals surface area contributed by atoms with Gasteiger partial charge in [0.1, 0.15) is 5.60 Å². The number of hydrogen-bond acceptors (Lipinski definition) is 5. The summed E-state index contributed by atoms with van der Waals surface area (Å²) >= 11 is 0. The Morgan fingerprint density at radius 3 is 2.75 bits per heavy atom. The number of rotatable bonds is 4. The normalized spacial score (nSPS) is 11.5. The Hall–Kier alpha value is -1.36. The highest BCUT2D eigenvalue weighted by Crippen LogP contribution is 2.10. The van der Waals surface area contributed by atoms with Crippen molar-refractivity contribution in [1.29, 1.82) is 0 Å². The van der Waals surface area contributed by atoms with Crippen molar-refractivity contribution >= 4 is 5.97 Å². The molecule has 2 N–H and O–H groups in total. The predicted octanol–water partition coefficient (Wildman–Crippen LogP) is 1.41. The first-order chi connectivity index (χ1) is 7.40. The number of nitrogens with zero attached hydrogens (tertiary/aromatic N) is 1. The fourth-order valence-electron chi connectivity index (χ4n) is 1.19. The number of aryl methyl sites for hydroxylation is 1. The van der Waals surface area contributed by atoms with Crippen molar-refractivity contribution < 1.29 is 14.1 Å². The maximum Gasteiger partial charge on any atom is 0.306 e. The number of aromatic nitrogens is 1. The van der Waals surface area contributed by atoms with Crippen LogP contribution in [0.4, 0.5) is 0 Å². The molecule has 0 bridgehead atoms. The van der Waals surface area contributed by atoms with Crippen LogP contribution in [0.2, 0.25) is 0 Å². The summed E-state index contributed by atoms with van der Waals surface area (Å²) in [5.74, 6) is 0.393. The highest BCUT2D eigenvalue weighted by atomic mass is 16.6. The maximum absolute atomic E-state index is 11.4. The summed E-state index contributed by atoms with van der Waals surface area (Å²) in [4.78, 5) is 11.4. The van der Waals surface area contributed by atoms with E-state index >= 15 is 0 Å². The quantitative estimate of drug-likeness (QED) is 0.785. The molecular weight excluding hydrogens is 208 g/mol. The average molecular weight is 226 g/mol. The van der Waals surface area contributed by atoms with Crippen LogP contribution in [0.15, 0.2) is 10.6 Å². The van der Waals surface area contributed by atoms with E-state index in [9.17, 15) is 4.79 Å². The van der Waals surface area contributed by atoms with Crippen LogP contribution in [0, 0.1) is 0 Å². The van der Waals surface area contributed by atoms with E-state index in [0.717, 1.165) is 5.69 Å². The molecule has 0 saturated carbocycles. The highest BCUT2D eigenvalue weighted by Gasteiger charge is 2.16. The van der Waals surface area contributed by atoms with Gasteiger partial charge >= 0.3 is 5.97 Å². The molecule has 0 fully saturated rings. The molecule has 0 aliphatic carbocycles. The Balaban J connectivity index is 2.37. The standard InChI is InChI=1S/C11H18N2O3/c1-11(2,3)15-10(14)5-4-8-6-9(7-12)16-13-8/h6H,4-5,7,12H2,1-3H3. The summed E-state index contributed by atoms with van der Waals surface area (Å²) in [6.07, 6.45) is 0.812. The van der Waals surface area contributed by atoms with E-state index in [1.165, 1.54) is 0 Å². The van der Waals surface area contributed by atoms with Crippen molar-refractivity contribution in [3.8, 4) is 0 Å². The zero-order valence-electron chi connectivity index (χ0n) is 9.95. The number of hydrogen-bond donors (Lipinski definition) is 1. The van der Waals surface area contributed by atoms with E-state index in [1.54, 1.807) is 6.07 Å². The molecule has 1 aromatic heterocycles. The second kappa shape index (κ2) is 5.12. The third-order valence-corrected chi connectivity index (χ3v) is 1.81. The van der Waals surface area contributed by atoms with Gasteiger partial charge in [-0.25, -0.2) is 0 Å². The van der Waals surface area contributed by atoms with Crippen LogP contribution in [0.3, 0.4) is 0 Å². The first-order valence-electron chi connectivity index (χ1n) is 5.27. The molecular formula is C11H18N2O3. The lowest BCUT2D eigenvalue weighted by Gasteiger charge is -2.19. The van der Waals surface area contributed by atoms with Gasteiger partial charge in [-0.05, 0) is 20.8 Å². The second-order valence-corrected chi connectivity index (χ2v) is 4.58. The minimum Gasteiger partial charge on any atom is -0.460 e. The summed E-state index contributed by atoms with van der Waals surface area (Å²) in [6.45, 7) is 5.84. The largest absolute Gasteiger partial charge is 0.460 e. The lowest BCUT2D eigenvalue weighted by atomic mass is 10.2. The summed E-state index contributed by atoms with van der Waals surface area (Å²) in [5, 5.41) is 3.79. The molecule has 16 heavy (non-hydrogen) atoms. The molecule has 0 aliphatic heterocycles. The van der Waals surface area contributed by atoms with Gasteiger partial charge in [0.15, 0.2) is 5.76 Å². The van der Waals surface area contributed by atoms with E-state index < -0.39 is 5.60 Å². The van der Waals surface area contributed by atoms with E-state index in [2.05, 4.69) is 5.16 Å². The van der Waals surface area contributed by atoms with Gasteiger partial charge in [0.25, 0.3) is 0 Å². The molecule has 0 spiro atoms. The van der Waals surface area contributed by atoms with Crippen LogP contribution in [0.1, 0.15) is 38.6 Å². The topological polar surface area (TPSA) is 78.4 Å². The summed E-state index contributed by atoms with van der Waals surface area (Å²) in [5.41, 5.74) is 5.66. The minimum atomic E-state index is -0.441. The first-order valence-corrected chi connectivity index (χ1v) is 5.27. The number of carbonyl (C=O) groups excluding carboxylic acids is 1. The van der Waals surface area contributed by atoms with Gasteiger partial charge in [-0.2, -0.15) is 0 Å². The number of carbonyl (C=O) groups is 1. The third-order valence-electron chi connectivity index (χ3n) is 1.81. The number of esters is 1. The monoisotopic (exact) mass is 226 g/mol. The zero-order chi connectivity index (χ0) is 12.2. The van der Waals surface area contributed by atoms with Crippen molar-refractivity contribution in [2.75, 3.05) is 0 Å². The lowest BCUT2D eigenvalue weighted by Crippen LogP contribution is -2.24. The molecule has 5 nitrogen and oxygen atoms in total. The SMILES string of the molecule is CC(C)(C)OC(=O)CCc1cc(CN)on1. The molecule has 0 radical (unpaired) electrons. The summed E-state index contributed by atoms with van der Waals surface area (Å²) in [6, 6.07) is 1.75. The first kappa shape index (κ1) is 12.7. The average Bonchev–Trinajstić information content (AvgIpc) is 2.59. The van der Waals surface area contributed by atoms with E-state index in [1.807, 2.05) is 20.8 Å². The van der Waals surface area contributed by atoms with E-state index in [4.69, 9.17) is 15.0 Å². The van der Waals surface area contributed by atoms with Gasteiger partial charge in [-0.3, -0.25) is 4.79 Å². The molecule has 1 aromatic rings. The second-order valence-electron chi connectivity index (χ2n) is 4.58. The van der Waals surface area contributed by atoms with Crippen LogP contribution in [0.5, 0.6) is 0 Å². The summed E-state index contributed by atoms with van der Waals surface area (Å²) < 4.78 is 10.1. The molecule has 0 aliphatic rings. The molecule has 0 aromatic carbocycles. The van der Waals surface area contributed by atoms with Crippen LogP contribution in [-0.2, 0) is 22.5 Å². The van der Waals surface area contributed by atoms with Gasteiger partial charge in [0.2, 0.25) is 0 Å². The van der Waals surface area contributed by atoms with Crippen molar-refractivity contribution in [3.63, 3.8) is 0 Å². The van der Waals surface area contributed by atoms with Gasteiger partial charge in [-0.1, -0.05) is 5.16 Å². The molecule has 0 saturated heterocycles. The number of ether oxygens (including phenoxy) is 1. The van der Waals surface area contributed by atoms with Gasteiger partial charge in [0, 0.05) is 12.5 Å². The van der Waals surface area contributed by atoms with Crippen molar-refractivity contribution in [2.45, 2.75) is 45.8 Å². The molecule has 0 unspecified atom stereocenters. The van der Waals surface area contributed by atoms with Gasteiger partial charge in [0.05, 0.1) is 18.7 Å². The van der Waals surface area contributed by atoms with Crippen LogP contribution >= 0.6 is 0 Å². The fraction of sp³-hybridized carbons (Fsp3) is 0.636. The maximum atomic E-state index is 11.4. The molecule has 5 heteroatoms. The fourth-order valence-corrected chi connectivity index (χ4v) is 1.19. The zero-order valence-corrected chi connectivity index (χ0v) is 9.95. The van der Waals surface area contributed by atoms with E-state index in [-0.39, 0.29) is 5.97 Å². The van der Waals surface area contributed by atoms with Crippen LogP contribution < -0.4 is 5.73 Å². The highest BCUT2D eigenvalue weighted by molar-refractivity contribution is 5.70. The Kier molecular flexibility index (Phi) is 4.06. The molecule has 0 atom stereocenters. The van der Waals surface area contributed by atoms with Gasteiger partial charge in [-0.15, -0.1) is 0 Å². The lowest BCUT2D eigenvalue weighted by molar-refractivity contribution is -0.154. The Morgan fingerprint density at radius 2 is 2.25 bits per heavy atom. The van der Waals surface area contributed by atoms with Crippen LogP contribution in [-0.4, -0.2) is 16.7 Å². The predicted molar refractivity (Wildman–Crippen MR) is 58.6 cm³/mol. The Labute approximate surface area is 94.9 Å². The van der Waals surface area contributed by atoms with Crippen molar-refractivity contribution in [3.05, 3.63) is 17.5 Å². The van der Waals surface area contributed by atoms with Gasteiger partial charge < -0.3 is 15.0 Å². The molecule has 90 valence electrons. The van der Waals surface area contributed by atoms with E-state index in [0.29, 0.717) is 25.1 Å².